The summed E-state index contributed by atoms with van der Waals surface area (Å²) in [5, 5.41) is 17.9. The van der Waals surface area contributed by atoms with E-state index in [0.717, 1.165) is 67.5 Å². The number of methoxy groups -OCH3 is 1. The first-order valence-electron chi connectivity index (χ1n) is 10.4. The molecule has 1 aromatic carbocycles. The molecule has 1 aromatic rings. The van der Waals surface area contributed by atoms with Crippen LogP contribution in [0.5, 0.6) is 5.75 Å². The van der Waals surface area contributed by atoms with Crippen LogP contribution in [-0.2, 0) is 20.7 Å². The van der Waals surface area contributed by atoms with Gasteiger partial charge in [0.05, 0.1) is 17.9 Å². The summed E-state index contributed by atoms with van der Waals surface area (Å²) in [5.41, 5.74) is 8.30. The second-order valence-electron chi connectivity index (χ2n) is 8.14. The minimum Gasteiger partial charge on any atom is -0.492 e. The predicted molar refractivity (Wildman–Crippen MR) is 119 cm³/mol. The summed E-state index contributed by atoms with van der Waals surface area (Å²) in [4.78, 5) is 33.4. The van der Waals surface area contributed by atoms with E-state index in [1.165, 1.54) is 0 Å². The average molecular weight is 514 g/mol. The largest absolute Gasteiger partial charge is 0.492 e. The van der Waals surface area contributed by atoms with Crippen molar-refractivity contribution in [3.63, 3.8) is 0 Å². The minimum absolute atomic E-state index is 0.0641. The lowest BCUT2D eigenvalue weighted by Gasteiger charge is -2.19. The second-order valence-corrected chi connectivity index (χ2v) is 9.00. The lowest BCUT2D eigenvalue weighted by molar-refractivity contribution is -0.159. The Hall–Kier alpha value is -2.37. The fourth-order valence-corrected chi connectivity index (χ4v) is 4.96. The summed E-state index contributed by atoms with van der Waals surface area (Å²) in [6.45, 7) is 5.58. The van der Waals surface area contributed by atoms with Crippen LogP contribution in [-0.4, -0.2) is 79.5 Å². The first-order valence-corrected chi connectivity index (χ1v) is 11.2. The Morgan fingerprint density at radius 2 is 1.94 bits per heavy atom. The van der Waals surface area contributed by atoms with Crippen LogP contribution in [0.2, 0.25) is 0 Å². The van der Waals surface area contributed by atoms with Gasteiger partial charge in [-0.3, -0.25) is 4.79 Å². The molecule has 2 unspecified atom stereocenters. The van der Waals surface area contributed by atoms with Gasteiger partial charge in [-0.05, 0) is 46.2 Å². The molecule has 5 N–H and O–H groups in total. The van der Waals surface area contributed by atoms with E-state index in [2.05, 4.69) is 26.1 Å². The van der Waals surface area contributed by atoms with Gasteiger partial charge in [0.1, 0.15) is 5.75 Å². The molecule has 1 saturated heterocycles. The maximum atomic E-state index is 12.7. The maximum Gasteiger partial charge on any atom is 0.414 e. The number of benzene rings is 1. The third-order valence-corrected chi connectivity index (χ3v) is 6.82. The van der Waals surface area contributed by atoms with Gasteiger partial charge >= 0.3 is 11.9 Å². The highest BCUT2D eigenvalue weighted by Gasteiger charge is 2.54. The van der Waals surface area contributed by atoms with Gasteiger partial charge in [0.25, 0.3) is 5.91 Å². The summed E-state index contributed by atoms with van der Waals surface area (Å²) < 4.78 is 11.6. The van der Waals surface area contributed by atoms with Gasteiger partial charge < -0.3 is 35.6 Å². The van der Waals surface area contributed by atoms with Crippen molar-refractivity contribution in [1.29, 1.82) is 0 Å². The quantitative estimate of drug-likeness (QED) is 0.238. The van der Waals surface area contributed by atoms with Crippen molar-refractivity contribution in [2.45, 2.75) is 12.8 Å². The molecule has 0 bridgehead atoms. The van der Waals surface area contributed by atoms with Gasteiger partial charge in [-0.25, -0.2) is 9.59 Å². The number of likely N-dealkylation sites (tertiary alicyclic amines) is 1. The van der Waals surface area contributed by atoms with Gasteiger partial charge in [0.15, 0.2) is 0 Å². The molecule has 32 heavy (non-hydrogen) atoms. The zero-order chi connectivity index (χ0) is 23.4. The lowest BCUT2D eigenvalue weighted by atomic mass is 10.1. The molecule has 10 nitrogen and oxygen atoms in total. The Balaban J connectivity index is 0.000000427. The fraction of sp³-hybridized carbons (Fsp3) is 0.571. The second kappa shape index (κ2) is 10.5. The highest BCUT2D eigenvalue weighted by molar-refractivity contribution is 9.10. The first-order chi connectivity index (χ1) is 15.2. The van der Waals surface area contributed by atoms with E-state index in [1.54, 1.807) is 13.2 Å². The SMILES string of the molecule is COCCCN1CC2C(CNC(=O)c3cc(Br)c(N)c4c3OCC4)C2C1.O=C(O)C(=O)O. The first kappa shape index (κ1) is 24.3. The van der Waals surface area contributed by atoms with E-state index < -0.39 is 11.9 Å². The van der Waals surface area contributed by atoms with Crippen molar-refractivity contribution in [3.8, 4) is 5.75 Å². The number of anilines is 1. The van der Waals surface area contributed by atoms with Gasteiger partial charge in [-0.15, -0.1) is 0 Å². The molecule has 176 valence electrons. The van der Waals surface area contributed by atoms with E-state index in [9.17, 15) is 4.79 Å². The molecular formula is C21H28BrN3O7. The van der Waals surface area contributed by atoms with E-state index in [4.69, 9.17) is 35.0 Å². The molecule has 2 fully saturated rings. The maximum absolute atomic E-state index is 12.7. The summed E-state index contributed by atoms with van der Waals surface area (Å²) in [6.07, 6.45) is 1.85. The summed E-state index contributed by atoms with van der Waals surface area (Å²) in [6, 6.07) is 1.78. The Kier molecular flexibility index (Phi) is 7.96. The molecule has 11 heteroatoms. The number of hydrogen-bond acceptors (Lipinski definition) is 7. The van der Waals surface area contributed by atoms with E-state index in [-0.39, 0.29) is 5.91 Å². The average Bonchev–Trinajstić information content (AvgIpc) is 3.12. The number of nitrogens with two attached hydrogens (primary N) is 1. The topological polar surface area (TPSA) is 151 Å². The van der Waals surface area contributed by atoms with Crippen LogP contribution in [0.25, 0.3) is 0 Å². The number of hydrogen-bond donors (Lipinski definition) is 4. The molecule has 3 aliphatic rings. The Labute approximate surface area is 194 Å². The third kappa shape index (κ3) is 5.51. The highest BCUT2D eigenvalue weighted by atomic mass is 79.9. The van der Waals surface area contributed by atoms with Crippen LogP contribution in [0.3, 0.4) is 0 Å². The number of nitrogen functional groups attached to an aromatic ring is 1. The number of nitrogens with one attached hydrogen (secondary N) is 1. The Morgan fingerprint density at radius 3 is 2.53 bits per heavy atom. The number of ether oxygens (including phenoxy) is 2. The number of halogens is 1. The molecule has 0 aromatic heterocycles. The number of nitrogens with zero attached hydrogens (tertiary/aromatic N) is 1. The van der Waals surface area contributed by atoms with Crippen molar-refractivity contribution >= 4 is 39.5 Å². The van der Waals surface area contributed by atoms with Gasteiger partial charge in [-0.2, -0.15) is 0 Å². The molecule has 1 aliphatic carbocycles. The number of carboxylic acids is 2. The molecule has 0 radical (unpaired) electrons. The summed E-state index contributed by atoms with van der Waals surface area (Å²) in [7, 11) is 1.75. The van der Waals surface area contributed by atoms with Crippen LogP contribution >= 0.6 is 15.9 Å². The molecule has 1 saturated carbocycles. The van der Waals surface area contributed by atoms with Crippen LogP contribution in [0.4, 0.5) is 5.69 Å². The number of carbonyl (C=O) groups is 3. The number of amides is 1. The third-order valence-electron chi connectivity index (χ3n) is 6.17. The van der Waals surface area contributed by atoms with Crippen LogP contribution in [0, 0.1) is 17.8 Å². The predicted octanol–water partition coefficient (Wildman–Crippen LogP) is 1.07. The van der Waals surface area contributed by atoms with Crippen LogP contribution in [0.1, 0.15) is 22.3 Å². The molecule has 4 rings (SSSR count). The number of aliphatic carboxylic acids is 2. The number of carbonyl (C=O) groups excluding carboxylic acids is 1. The Bertz CT molecular complexity index is 871. The molecular weight excluding hydrogens is 486 g/mol. The van der Waals surface area contributed by atoms with Crippen LogP contribution < -0.4 is 15.8 Å². The Morgan fingerprint density at radius 1 is 1.28 bits per heavy atom. The number of rotatable bonds is 7. The van der Waals surface area contributed by atoms with Gasteiger partial charge in [-0.1, -0.05) is 0 Å². The molecule has 2 atom stereocenters. The minimum atomic E-state index is -1.82. The zero-order valence-corrected chi connectivity index (χ0v) is 19.4. The normalized spacial score (nSPS) is 22.8. The molecule has 2 aliphatic heterocycles. The zero-order valence-electron chi connectivity index (χ0n) is 17.8. The number of fused-ring (bicyclic) bond motifs is 2. The standard InChI is InChI=1S/C19H26BrN3O3.C2H2O4/c1-25-5-2-4-23-9-14-13(15(14)10-23)8-22-19(24)12-7-16(20)17(21)11-3-6-26-18(11)12;3-1(4)2(5)6/h7,13-15H,2-6,8-10,21H2,1H3,(H,22,24);(H,3,4)(H,5,6). The number of piperidine rings is 1. The van der Waals surface area contributed by atoms with E-state index in [0.29, 0.717) is 29.5 Å². The van der Waals surface area contributed by atoms with Crippen molar-refractivity contribution in [2.24, 2.45) is 17.8 Å². The van der Waals surface area contributed by atoms with Crippen LogP contribution in [0.15, 0.2) is 10.5 Å². The van der Waals surface area contributed by atoms with Gasteiger partial charge in [0, 0.05) is 56.4 Å². The molecule has 2 heterocycles. The summed E-state index contributed by atoms with van der Waals surface area (Å²) in [5.74, 6) is -0.973. The van der Waals surface area contributed by atoms with Gasteiger partial charge in [0.2, 0.25) is 0 Å². The molecule has 0 spiro atoms. The smallest absolute Gasteiger partial charge is 0.414 e. The summed E-state index contributed by atoms with van der Waals surface area (Å²) >= 11 is 3.46. The van der Waals surface area contributed by atoms with E-state index in [1.807, 2.05) is 0 Å². The molecule has 1 amide bonds. The lowest BCUT2D eigenvalue weighted by Crippen LogP contribution is -2.31. The van der Waals surface area contributed by atoms with Crippen molar-refractivity contribution < 1.29 is 34.1 Å². The fourth-order valence-electron chi connectivity index (χ4n) is 4.50. The van der Waals surface area contributed by atoms with E-state index >= 15 is 0 Å². The van der Waals surface area contributed by atoms with Crippen molar-refractivity contribution in [1.82, 2.24) is 10.2 Å². The highest BCUT2D eigenvalue weighted by Crippen LogP contribution is 2.51. The number of carboxylic acid groups (broad SMARTS) is 2. The monoisotopic (exact) mass is 513 g/mol. The van der Waals surface area contributed by atoms with Crippen molar-refractivity contribution in [2.75, 3.05) is 52.2 Å². The van der Waals surface area contributed by atoms with Crippen molar-refractivity contribution in [3.05, 3.63) is 21.7 Å².